The van der Waals surface area contributed by atoms with Crippen molar-refractivity contribution in [2.45, 2.75) is 49.6 Å². The van der Waals surface area contributed by atoms with Gasteiger partial charge in [-0.3, -0.25) is 19.9 Å². The molecule has 3 unspecified atom stereocenters. The number of fused-ring (bicyclic) bond motifs is 1. The van der Waals surface area contributed by atoms with Gasteiger partial charge in [-0.05, 0) is 42.7 Å². The minimum Gasteiger partial charge on any atom is -0.343 e. The first-order valence-corrected chi connectivity index (χ1v) is 14.8. The first kappa shape index (κ1) is 33.3. The van der Waals surface area contributed by atoms with Gasteiger partial charge in [-0.1, -0.05) is 30.3 Å². The summed E-state index contributed by atoms with van der Waals surface area (Å²) in [6.07, 6.45) is -1.96. The van der Waals surface area contributed by atoms with Crippen molar-refractivity contribution in [1.29, 1.82) is 0 Å². The average molecular weight is 616 g/mol. The number of halogens is 3. The molecule has 1 aliphatic heterocycles. The van der Waals surface area contributed by atoms with Gasteiger partial charge in [0.25, 0.3) is 0 Å². The number of carbonyl (C=O) groups excluding carboxylic acids is 2. The molecule has 0 aliphatic carbocycles. The lowest BCUT2D eigenvalue weighted by atomic mass is 10.0. The molecule has 10 nitrogen and oxygen atoms in total. The summed E-state index contributed by atoms with van der Waals surface area (Å²) in [5, 5.41) is 9.78. The highest BCUT2D eigenvalue weighted by atomic mass is 19.4. The van der Waals surface area contributed by atoms with Crippen molar-refractivity contribution in [3.8, 4) is 0 Å². The molecule has 4 atom stereocenters. The fraction of sp³-hybridized carbons (Fsp3) is 0.452. The lowest BCUT2D eigenvalue weighted by molar-refractivity contribution is -0.916. The van der Waals surface area contributed by atoms with Gasteiger partial charge in [0.15, 0.2) is 0 Å². The van der Waals surface area contributed by atoms with Crippen molar-refractivity contribution >= 4 is 28.4 Å². The molecule has 1 aliphatic rings. The Hall–Kier alpha value is -3.62. The second kappa shape index (κ2) is 14.4. The van der Waals surface area contributed by atoms with E-state index < -0.39 is 35.6 Å². The number of likely N-dealkylation sites (N-methyl/N-ethyl adjacent to an activating group) is 1. The highest BCUT2D eigenvalue weighted by Gasteiger charge is 2.35. The predicted molar refractivity (Wildman–Crippen MR) is 164 cm³/mol. The Bertz CT molecular complexity index is 1410. The number of carbonyl (C=O) groups is 2. The Morgan fingerprint density at radius 1 is 1.05 bits per heavy atom. The van der Waals surface area contributed by atoms with Crippen molar-refractivity contribution in [1.82, 2.24) is 15.6 Å². The van der Waals surface area contributed by atoms with E-state index in [4.69, 9.17) is 17.2 Å². The van der Waals surface area contributed by atoms with Gasteiger partial charge >= 0.3 is 6.18 Å². The number of nitrogens with one attached hydrogen (secondary N) is 3. The van der Waals surface area contributed by atoms with Crippen molar-refractivity contribution in [2.24, 2.45) is 17.2 Å². The molecule has 2 heterocycles. The molecule has 9 N–H and O–H groups in total. The second-order valence-electron chi connectivity index (χ2n) is 11.9. The minimum atomic E-state index is -4.49. The molecule has 0 radical (unpaired) electrons. The van der Waals surface area contributed by atoms with Crippen molar-refractivity contribution < 1.29 is 27.2 Å². The maximum Gasteiger partial charge on any atom is 0.416 e. The van der Waals surface area contributed by atoms with Crippen LogP contribution in [0, 0.1) is 0 Å². The zero-order chi connectivity index (χ0) is 31.9. The van der Waals surface area contributed by atoms with E-state index in [1.807, 2.05) is 24.3 Å². The van der Waals surface area contributed by atoms with Gasteiger partial charge in [-0.15, -0.1) is 0 Å². The van der Waals surface area contributed by atoms with Crippen LogP contribution < -0.4 is 33.2 Å². The number of pyridine rings is 1. The van der Waals surface area contributed by atoms with Crippen LogP contribution in [-0.2, 0) is 22.2 Å². The monoisotopic (exact) mass is 615 g/mol. The predicted octanol–water partition coefficient (Wildman–Crippen LogP) is 1.73. The molecule has 0 saturated carbocycles. The third-order valence-electron chi connectivity index (χ3n) is 8.12. The number of rotatable bonds is 12. The number of alkyl halides is 3. The Kier molecular flexibility index (Phi) is 10.9. The molecule has 238 valence electrons. The van der Waals surface area contributed by atoms with Crippen LogP contribution in [0.4, 0.5) is 18.9 Å². The summed E-state index contributed by atoms with van der Waals surface area (Å²) in [5.41, 5.74) is 18.9. The Labute approximate surface area is 255 Å². The van der Waals surface area contributed by atoms with E-state index in [1.165, 1.54) is 18.3 Å². The topological polar surface area (TPSA) is 161 Å². The molecular weight excluding hydrogens is 573 g/mol. The summed E-state index contributed by atoms with van der Waals surface area (Å²) in [7, 11) is 2.14. The fourth-order valence-corrected chi connectivity index (χ4v) is 5.79. The molecule has 0 bridgehead atoms. The van der Waals surface area contributed by atoms with Crippen LogP contribution in [0.2, 0.25) is 0 Å². The standard InChI is InChI=1S/C31H41F3N8O2/c1-42(18-24(15-35)39-25(16-36)19-42)12-4-6-26(37)29(43)41-28(13-20-8-10-22(11-9-20)31(32,33)34)30(44)40-23-14-21-5-2-3-7-27(21)38-17-23/h2-3,5,7-11,14,17,24-26,28,39H,4,6,12-13,15-16,18-19,35-37H2,1H3,(H-,40,41,43,44)/p+1/t24?,25?,26?,28-,42?/m0/s1. The number of piperazine rings is 1. The molecule has 1 aromatic heterocycles. The van der Waals surface area contributed by atoms with E-state index in [2.05, 4.69) is 28.0 Å². The van der Waals surface area contributed by atoms with Crippen molar-refractivity contribution in [2.75, 3.05) is 45.1 Å². The summed E-state index contributed by atoms with van der Waals surface area (Å²) in [6, 6.07) is 12.0. The number of nitrogens with two attached hydrogens (primary N) is 3. The van der Waals surface area contributed by atoms with Crippen molar-refractivity contribution in [3.63, 3.8) is 0 Å². The van der Waals surface area contributed by atoms with Gasteiger partial charge in [0, 0.05) is 24.9 Å². The van der Waals surface area contributed by atoms with Gasteiger partial charge in [0.2, 0.25) is 11.8 Å². The zero-order valence-electron chi connectivity index (χ0n) is 24.8. The third-order valence-corrected chi connectivity index (χ3v) is 8.12. The first-order valence-electron chi connectivity index (χ1n) is 14.8. The lowest BCUT2D eigenvalue weighted by Crippen LogP contribution is -2.68. The normalized spacial score (nSPS) is 21.9. The maximum absolute atomic E-state index is 13.4. The van der Waals surface area contributed by atoms with Gasteiger partial charge in [-0.25, -0.2) is 0 Å². The number of hydrogen-bond donors (Lipinski definition) is 6. The van der Waals surface area contributed by atoms with E-state index in [0.29, 0.717) is 37.2 Å². The summed E-state index contributed by atoms with van der Waals surface area (Å²) in [4.78, 5) is 31.0. The zero-order valence-corrected chi connectivity index (χ0v) is 24.8. The number of nitrogens with zero attached hydrogens (tertiary/aromatic N) is 2. The van der Waals surface area contributed by atoms with Crippen molar-refractivity contribution in [3.05, 3.63) is 71.9 Å². The Morgan fingerprint density at radius 2 is 1.70 bits per heavy atom. The van der Waals surface area contributed by atoms with Gasteiger partial charge < -0.3 is 32.3 Å². The van der Waals surface area contributed by atoms with Crippen LogP contribution in [0.3, 0.4) is 0 Å². The highest BCUT2D eigenvalue weighted by Crippen LogP contribution is 2.29. The van der Waals surface area contributed by atoms with E-state index in [0.717, 1.165) is 47.2 Å². The molecule has 2 aromatic carbocycles. The second-order valence-corrected chi connectivity index (χ2v) is 11.9. The summed E-state index contributed by atoms with van der Waals surface area (Å²) < 4.78 is 40.0. The largest absolute Gasteiger partial charge is 0.416 e. The van der Waals surface area contributed by atoms with Crippen LogP contribution in [0.15, 0.2) is 60.8 Å². The summed E-state index contributed by atoms with van der Waals surface area (Å²) in [6.45, 7) is 3.47. The van der Waals surface area contributed by atoms with Crippen LogP contribution in [-0.4, -0.2) is 85.2 Å². The molecule has 1 saturated heterocycles. The van der Waals surface area contributed by atoms with Crippen LogP contribution in [0.1, 0.15) is 24.0 Å². The summed E-state index contributed by atoms with van der Waals surface area (Å²) in [5.74, 6) is -1.06. The molecule has 3 aromatic rings. The Morgan fingerprint density at radius 3 is 2.34 bits per heavy atom. The Balaban J connectivity index is 1.42. The van der Waals surface area contributed by atoms with E-state index in [1.54, 1.807) is 6.07 Å². The minimum absolute atomic E-state index is 0.0354. The quantitative estimate of drug-likeness (QED) is 0.169. The molecule has 0 spiro atoms. The molecule has 13 heteroatoms. The number of amides is 2. The molecule has 4 rings (SSSR count). The van der Waals surface area contributed by atoms with E-state index in [-0.39, 0.29) is 18.5 Å². The number of anilines is 1. The van der Waals surface area contributed by atoms with Crippen LogP contribution >= 0.6 is 0 Å². The number of aromatic nitrogens is 1. The fourth-order valence-electron chi connectivity index (χ4n) is 5.79. The van der Waals surface area contributed by atoms with E-state index >= 15 is 0 Å². The third kappa shape index (κ3) is 8.96. The van der Waals surface area contributed by atoms with Gasteiger partial charge in [0.1, 0.15) is 6.04 Å². The van der Waals surface area contributed by atoms with Gasteiger partial charge in [0.05, 0.1) is 67.8 Å². The maximum atomic E-state index is 13.4. The summed E-state index contributed by atoms with van der Waals surface area (Å²) >= 11 is 0. The van der Waals surface area contributed by atoms with Crippen LogP contribution in [0.5, 0.6) is 0 Å². The van der Waals surface area contributed by atoms with E-state index in [9.17, 15) is 22.8 Å². The first-order chi connectivity index (χ1) is 20.9. The number of hydrogen-bond acceptors (Lipinski definition) is 7. The molecular formula is C31H42F3N8O2+. The molecule has 1 fully saturated rings. The molecule has 44 heavy (non-hydrogen) atoms. The van der Waals surface area contributed by atoms with Crippen LogP contribution in [0.25, 0.3) is 10.9 Å². The van der Waals surface area contributed by atoms with Gasteiger partial charge in [-0.2, -0.15) is 13.2 Å². The SMILES string of the molecule is C[N+]1(CCCC(N)C(=O)N[C@@H](Cc2ccc(C(F)(F)F)cc2)C(=O)Nc2cnc3ccccc3c2)CC(CN)NC(CN)C1. The number of benzene rings is 2. The highest BCUT2D eigenvalue weighted by molar-refractivity contribution is 5.99. The number of quaternary nitrogens is 1. The molecule has 2 amide bonds. The average Bonchev–Trinajstić information content (AvgIpc) is 2.99. The number of para-hydroxylation sites is 1. The lowest BCUT2D eigenvalue weighted by Gasteiger charge is -2.45. The smallest absolute Gasteiger partial charge is 0.343 e.